The number of hydrogen-bond donors (Lipinski definition) is 0. The van der Waals surface area contributed by atoms with Gasteiger partial charge in [0.1, 0.15) is 10.1 Å². The topological polar surface area (TPSA) is 100 Å². The molecule has 0 saturated carbocycles. The minimum atomic E-state index is -4.63. The zero-order chi connectivity index (χ0) is 10.9. The molecule has 1 aromatic carbocycles. The molecule has 0 unspecified atom stereocenters. The Bertz CT molecular complexity index is 479. The predicted octanol–water partition coefficient (Wildman–Crippen LogP) is 0.807. The van der Waals surface area contributed by atoms with Gasteiger partial charge in [-0.25, -0.2) is 8.42 Å². The maximum absolute atomic E-state index is 10.5. The van der Waals surface area contributed by atoms with Gasteiger partial charge in [-0.2, -0.15) is 0 Å². The van der Waals surface area contributed by atoms with Gasteiger partial charge >= 0.3 is 0 Å². The van der Waals surface area contributed by atoms with Gasteiger partial charge in [0, 0.05) is 11.6 Å². The Morgan fingerprint density at radius 2 is 1.93 bits per heavy atom. The third kappa shape index (κ3) is 2.06. The van der Waals surface area contributed by atoms with E-state index < -0.39 is 19.9 Å². The Morgan fingerprint density at radius 1 is 1.36 bits per heavy atom. The van der Waals surface area contributed by atoms with Crippen molar-refractivity contribution in [3.8, 4) is 0 Å². The molecule has 0 heterocycles. The number of nitro groups is 1. The van der Waals surface area contributed by atoms with Crippen molar-refractivity contribution in [3.63, 3.8) is 0 Å². The highest BCUT2D eigenvalue weighted by molar-refractivity contribution is 7.85. The van der Waals surface area contributed by atoms with Crippen molar-refractivity contribution in [1.29, 1.82) is 0 Å². The highest BCUT2D eigenvalue weighted by Crippen LogP contribution is 2.21. The first-order valence-corrected chi connectivity index (χ1v) is 4.94. The Morgan fingerprint density at radius 3 is 2.36 bits per heavy atom. The zero-order valence-corrected chi connectivity index (χ0v) is 7.95. The van der Waals surface area contributed by atoms with Crippen molar-refractivity contribution < 1.29 is 17.9 Å². The third-order valence-corrected chi connectivity index (χ3v) is 2.50. The monoisotopic (exact) mass is 216 g/mol. The van der Waals surface area contributed by atoms with Crippen LogP contribution >= 0.6 is 0 Å². The van der Waals surface area contributed by atoms with Crippen LogP contribution in [0.2, 0.25) is 0 Å². The van der Waals surface area contributed by atoms with Gasteiger partial charge in [0.2, 0.25) is 0 Å². The number of rotatable bonds is 2. The van der Waals surface area contributed by atoms with Crippen molar-refractivity contribution in [2.75, 3.05) is 0 Å². The molecule has 7 heteroatoms. The zero-order valence-electron chi connectivity index (χ0n) is 7.13. The predicted molar refractivity (Wildman–Crippen MR) is 45.8 cm³/mol. The van der Waals surface area contributed by atoms with Gasteiger partial charge < -0.3 is 4.55 Å². The minimum Gasteiger partial charge on any atom is -0.744 e. The Kier molecular flexibility index (Phi) is 2.54. The standard InChI is InChI=1S/C7H7NO5S/c1-5-2-3-6(14(11,12)13)4-7(5)8(9)10/h2-4H,1H3,(H,11,12,13)/p-1. The third-order valence-electron chi connectivity index (χ3n) is 1.67. The molecular formula is C7H6NO5S-. The van der Waals surface area contributed by atoms with E-state index >= 15 is 0 Å². The highest BCUT2D eigenvalue weighted by Gasteiger charge is 2.13. The van der Waals surface area contributed by atoms with Crippen LogP contribution in [-0.2, 0) is 10.1 Å². The van der Waals surface area contributed by atoms with E-state index in [9.17, 15) is 23.1 Å². The number of hydrogen-bond acceptors (Lipinski definition) is 5. The average Bonchev–Trinajstić information content (AvgIpc) is 2.02. The Hall–Kier alpha value is -1.47. The van der Waals surface area contributed by atoms with E-state index in [1.807, 2.05) is 0 Å². The van der Waals surface area contributed by atoms with Crippen LogP contribution in [0.25, 0.3) is 0 Å². The summed E-state index contributed by atoms with van der Waals surface area (Å²) in [4.78, 5) is 9.09. The molecule has 0 atom stereocenters. The molecule has 76 valence electrons. The smallest absolute Gasteiger partial charge is 0.273 e. The summed E-state index contributed by atoms with van der Waals surface area (Å²) < 4.78 is 31.6. The number of nitro benzene ring substituents is 1. The summed E-state index contributed by atoms with van der Waals surface area (Å²) in [5.74, 6) is 0. The largest absolute Gasteiger partial charge is 0.744 e. The van der Waals surface area contributed by atoms with Crippen molar-refractivity contribution in [1.82, 2.24) is 0 Å². The van der Waals surface area contributed by atoms with Gasteiger partial charge in [-0.3, -0.25) is 10.1 Å². The molecule has 0 fully saturated rings. The maximum atomic E-state index is 10.5. The molecule has 0 aliphatic carbocycles. The molecule has 0 bridgehead atoms. The summed E-state index contributed by atoms with van der Waals surface area (Å²) in [7, 11) is -4.63. The van der Waals surface area contributed by atoms with Gasteiger partial charge in [0.25, 0.3) is 5.69 Å². The van der Waals surface area contributed by atoms with E-state index in [0.717, 1.165) is 12.1 Å². The van der Waals surface area contributed by atoms with Crippen LogP contribution in [0.5, 0.6) is 0 Å². The Labute approximate surface area is 80.1 Å². The van der Waals surface area contributed by atoms with Gasteiger partial charge in [-0.05, 0) is 13.0 Å². The lowest BCUT2D eigenvalue weighted by Crippen LogP contribution is -2.00. The molecule has 0 amide bonds. The van der Waals surface area contributed by atoms with Crippen LogP contribution < -0.4 is 0 Å². The highest BCUT2D eigenvalue weighted by atomic mass is 32.2. The summed E-state index contributed by atoms with van der Waals surface area (Å²) in [5, 5.41) is 10.4. The molecule has 0 aliphatic rings. The van der Waals surface area contributed by atoms with Crippen LogP contribution in [-0.4, -0.2) is 17.9 Å². The molecule has 0 aliphatic heterocycles. The first-order valence-electron chi connectivity index (χ1n) is 3.53. The van der Waals surface area contributed by atoms with Gasteiger partial charge in [0.05, 0.1) is 9.82 Å². The minimum absolute atomic E-state index is 0.308. The summed E-state index contributed by atoms with van der Waals surface area (Å²) in [6.07, 6.45) is 0. The quantitative estimate of drug-likeness (QED) is 0.413. The number of aryl methyl sites for hydroxylation is 1. The first kappa shape index (κ1) is 10.6. The first-order chi connectivity index (χ1) is 6.32. The second-order valence-corrected chi connectivity index (χ2v) is 4.04. The molecular weight excluding hydrogens is 210 g/mol. The molecule has 0 aromatic heterocycles. The van der Waals surface area contributed by atoms with Crippen molar-refractivity contribution in [2.24, 2.45) is 0 Å². The molecule has 1 aromatic rings. The average molecular weight is 216 g/mol. The van der Waals surface area contributed by atoms with Crippen molar-refractivity contribution >= 4 is 15.8 Å². The molecule has 1 rings (SSSR count). The fourth-order valence-electron chi connectivity index (χ4n) is 0.941. The summed E-state index contributed by atoms with van der Waals surface area (Å²) in [6, 6.07) is 3.03. The maximum Gasteiger partial charge on any atom is 0.273 e. The van der Waals surface area contributed by atoms with Crippen LogP contribution in [0.3, 0.4) is 0 Å². The lowest BCUT2D eigenvalue weighted by atomic mass is 10.2. The second kappa shape index (κ2) is 3.35. The molecule has 0 saturated heterocycles. The van der Waals surface area contributed by atoms with Crippen LogP contribution in [0.4, 0.5) is 5.69 Å². The van der Waals surface area contributed by atoms with Gasteiger partial charge in [-0.1, -0.05) is 6.07 Å². The molecule has 6 nitrogen and oxygen atoms in total. The van der Waals surface area contributed by atoms with E-state index in [1.54, 1.807) is 0 Å². The van der Waals surface area contributed by atoms with E-state index in [0.29, 0.717) is 5.56 Å². The lowest BCUT2D eigenvalue weighted by Gasteiger charge is -2.06. The van der Waals surface area contributed by atoms with Crippen molar-refractivity contribution in [3.05, 3.63) is 33.9 Å². The summed E-state index contributed by atoms with van der Waals surface area (Å²) >= 11 is 0. The number of benzene rings is 1. The lowest BCUT2D eigenvalue weighted by molar-refractivity contribution is -0.385. The van der Waals surface area contributed by atoms with Gasteiger partial charge in [0.15, 0.2) is 0 Å². The van der Waals surface area contributed by atoms with E-state index in [2.05, 4.69) is 0 Å². The van der Waals surface area contributed by atoms with Crippen molar-refractivity contribution in [2.45, 2.75) is 11.8 Å². The van der Waals surface area contributed by atoms with E-state index in [4.69, 9.17) is 0 Å². The molecule has 0 radical (unpaired) electrons. The second-order valence-electron chi connectivity index (χ2n) is 2.66. The molecule has 0 N–H and O–H groups in total. The molecule has 14 heavy (non-hydrogen) atoms. The SMILES string of the molecule is Cc1ccc(S(=O)(=O)[O-])cc1[N+](=O)[O-]. The summed E-state index contributed by atoms with van der Waals surface area (Å²) in [6.45, 7) is 1.46. The fraction of sp³-hybridized carbons (Fsp3) is 0.143. The Balaban J connectivity index is 3.42. The number of nitrogens with zero attached hydrogens (tertiary/aromatic N) is 1. The normalized spacial score (nSPS) is 11.3. The fourth-order valence-corrected chi connectivity index (χ4v) is 1.43. The van der Waals surface area contributed by atoms with Crippen LogP contribution in [0.1, 0.15) is 5.56 Å². The summed E-state index contributed by atoms with van der Waals surface area (Å²) in [5.41, 5.74) is -0.0654. The van der Waals surface area contributed by atoms with E-state index in [-0.39, 0.29) is 5.69 Å². The molecule has 0 spiro atoms. The van der Waals surface area contributed by atoms with E-state index in [1.165, 1.54) is 13.0 Å². The van der Waals surface area contributed by atoms with Crippen LogP contribution in [0, 0.1) is 17.0 Å². The van der Waals surface area contributed by atoms with Gasteiger partial charge in [-0.15, -0.1) is 0 Å². The van der Waals surface area contributed by atoms with Crippen LogP contribution in [0.15, 0.2) is 23.1 Å².